The standard InChI is InChI=1S/C13H16BrN3O/c1-10-3-2-4-12(13(10)14)15-7-11-8-16-17(9-11)5-6-18/h2-4,8-9,15,18H,5-7H2,1H3. The Morgan fingerprint density at radius 3 is 3.06 bits per heavy atom. The van der Waals surface area contributed by atoms with Crippen LogP contribution in [0.25, 0.3) is 0 Å². The molecule has 0 fully saturated rings. The van der Waals surface area contributed by atoms with Crippen molar-refractivity contribution in [3.8, 4) is 0 Å². The minimum Gasteiger partial charge on any atom is -0.394 e. The summed E-state index contributed by atoms with van der Waals surface area (Å²) in [6.07, 6.45) is 3.75. The molecule has 96 valence electrons. The Morgan fingerprint density at radius 2 is 2.28 bits per heavy atom. The molecule has 0 saturated heterocycles. The van der Waals surface area contributed by atoms with Crippen LogP contribution >= 0.6 is 15.9 Å². The van der Waals surface area contributed by atoms with Crippen LogP contribution in [-0.2, 0) is 13.1 Å². The van der Waals surface area contributed by atoms with Crippen molar-refractivity contribution < 1.29 is 5.11 Å². The van der Waals surface area contributed by atoms with Crippen LogP contribution < -0.4 is 5.32 Å². The summed E-state index contributed by atoms with van der Waals surface area (Å²) in [7, 11) is 0. The second-order valence-corrected chi connectivity index (χ2v) is 4.92. The maximum absolute atomic E-state index is 8.82. The highest BCUT2D eigenvalue weighted by Gasteiger charge is 2.03. The number of nitrogens with zero attached hydrogens (tertiary/aromatic N) is 2. The summed E-state index contributed by atoms with van der Waals surface area (Å²) < 4.78 is 2.83. The maximum atomic E-state index is 8.82. The van der Waals surface area contributed by atoms with Crippen molar-refractivity contribution in [2.45, 2.75) is 20.0 Å². The lowest BCUT2D eigenvalue weighted by molar-refractivity contribution is 0.269. The van der Waals surface area contributed by atoms with Crippen molar-refractivity contribution in [1.82, 2.24) is 9.78 Å². The molecule has 18 heavy (non-hydrogen) atoms. The van der Waals surface area contributed by atoms with Crippen molar-refractivity contribution in [2.75, 3.05) is 11.9 Å². The zero-order valence-electron chi connectivity index (χ0n) is 10.2. The van der Waals surface area contributed by atoms with E-state index in [0.717, 1.165) is 15.7 Å². The molecule has 0 unspecified atom stereocenters. The van der Waals surface area contributed by atoms with E-state index in [1.54, 1.807) is 4.68 Å². The average molecular weight is 310 g/mol. The Kier molecular flexibility index (Phi) is 4.38. The van der Waals surface area contributed by atoms with Crippen molar-refractivity contribution in [3.05, 3.63) is 46.2 Å². The minimum absolute atomic E-state index is 0.109. The SMILES string of the molecule is Cc1cccc(NCc2cnn(CCO)c2)c1Br. The number of anilines is 1. The molecule has 0 bridgehead atoms. The topological polar surface area (TPSA) is 50.1 Å². The molecular weight excluding hydrogens is 294 g/mol. The highest BCUT2D eigenvalue weighted by molar-refractivity contribution is 9.10. The Balaban J connectivity index is 2.00. The van der Waals surface area contributed by atoms with E-state index in [1.807, 2.05) is 24.5 Å². The number of halogens is 1. The summed E-state index contributed by atoms with van der Waals surface area (Å²) in [4.78, 5) is 0. The van der Waals surface area contributed by atoms with E-state index >= 15 is 0 Å². The lowest BCUT2D eigenvalue weighted by Crippen LogP contribution is -2.02. The molecule has 1 aromatic heterocycles. The Hall–Kier alpha value is -1.33. The number of hydrogen-bond acceptors (Lipinski definition) is 3. The Bertz CT molecular complexity index is 525. The van der Waals surface area contributed by atoms with Gasteiger partial charge in [-0.3, -0.25) is 4.68 Å². The molecule has 1 aromatic carbocycles. The van der Waals surface area contributed by atoms with Crippen LogP contribution in [0.2, 0.25) is 0 Å². The first-order chi connectivity index (χ1) is 8.70. The fourth-order valence-electron chi connectivity index (χ4n) is 1.70. The van der Waals surface area contributed by atoms with Gasteiger partial charge in [0.25, 0.3) is 0 Å². The average Bonchev–Trinajstić information content (AvgIpc) is 2.79. The summed E-state index contributed by atoms with van der Waals surface area (Å²) >= 11 is 3.57. The van der Waals surface area contributed by atoms with Crippen LogP contribution in [-0.4, -0.2) is 21.5 Å². The molecule has 0 radical (unpaired) electrons. The van der Waals surface area contributed by atoms with E-state index in [0.29, 0.717) is 13.1 Å². The third-order valence-electron chi connectivity index (χ3n) is 2.69. The first kappa shape index (κ1) is 13.1. The molecule has 0 atom stereocenters. The fourth-order valence-corrected chi connectivity index (χ4v) is 2.11. The van der Waals surface area contributed by atoms with Gasteiger partial charge in [0.1, 0.15) is 0 Å². The quantitative estimate of drug-likeness (QED) is 0.892. The lowest BCUT2D eigenvalue weighted by Gasteiger charge is -2.09. The van der Waals surface area contributed by atoms with Crippen molar-refractivity contribution in [1.29, 1.82) is 0 Å². The number of nitrogens with one attached hydrogen (secondary N) is 1. The van der Waals surface area contributed by atoms with Crippen LogP contribution in [0.5, 0.6) is 0 Å². The summed E-state index contributed by atoms with van der Waals surface area (Å²) in [5.74, 6) is 0. The molecule has 1 heterocycles. The largest absolute Gasteiger partial charge is 0.394 e. The van der Waals surface area contributed by atoms with Crippen LogP contribution in [0.1, 0.15) is 11.1 Å². The normalized spacial score (nSPS) is 10.6. The highest BCUT2D eigenvalue weighted by atomic mass is 79.9. The molecule has 0 saturated carbocycles. The monoisotopic (exact) mass is 309 g/mol. The molecule has 2 N–H and O–H groups in total. The van der Waals surface area contributed by atoms with Gasteiger partial charge in [0.2, 0.25) is 0 Å². The van der Waals surface area contributed by atoms with Gasteiger partial charge < -0.3 is 10.4 Å². The minimum atomic E-state index is 0.109. The smallest absolute Gasteiger partial charge is 0.0640 e. The molecule has 4 nitrogen and oxygen atoms in total. The van der Waals surface area contributed by atoms with Gasteiger partial charge in [-0.15, -0.1) is 0 Å². The molecule has 0 spiro atoms. The zero-order chi connectivity index (χ0) is 13.0. The number of aryl methyl sites for hydroxylation is 1. The molecule has 5 heteroatoms. The van der Waals surface area contributed by atoms with Gasteiger partial charge in [-0.25, -0.2) is 0 Å². The number of aromatic nitrogens is 2. The summed E-state index contributed by atoms with van der Waals surface area (Å²) in [6, 6.07) is 6.13. The predicted molar refractivity (Wildman–Crippen MR) is 75.5 cm³/mol. The number of aliphatic hydroxyl groups excluding tert-OH is 1. The van der Waals surface area contributed by atoms with Gasteiger partial charge >= 0.3 is 0 Å². The molecular formula is C13H16BrN3O. The van der Waals surface area contributed by atoms with E-state index in [9.17, 15) is 0 Å². The molecule has 0 aliphatic rings. The van der Waals surface area contributed by atoms with E-state index in [-0.39, 0.29) is 6.61 Å². The van der Waals surface area contributed by atoms with Crippen molar-refractivity contribution in [3.63, 3.8) is 0 Å². The summed E-state index contributed by atoms with van der Waals surface area (Å²) in [5, 5.41) is 16.3. The number of hydrogen-bond donors (Lipinski definition) is 2. The highest BCUT2D eigenvalue weighted by Crippen LogP contribution is 2.26. The molecule has 0 aliphatic carbocycles. The van der Waals surface area contributed by atoms with E-state index in [2.05, 4.69) is 39.3 Å². The zero-order valence-corrected chi connectivity index (χ0v) is 11.8. The third-order valence-corrected chi connectivity index (χ3v) is 3.74. The van der Waals surface area contributed by atoms with Crippen molar-refractivity contribution >= 4 is 21.6 Å². The van der Waals surface area contributed by atoms with Crippen LogP contribution in [0.3, 0.4) is 0 Å². The fraction of sp³-hybridized carbons (Fsp3) is 0.308. The summed E-state index contributed by atoms with van der Waals surface area (Å²) in [5.41, 5.74) is 3.37. The molecule has 0 aliphatic heterocycles. The second-order valence-electron chi connectivity index (χ2n) is 4.13. The van der Waals surface area contributed by atoms with Gasteiger partial charge in [0.05, 0.1) is 19.3 Å². The Morgan fingerprint density at radius 1 is 1.44 bits per heavy atom. The summed E-state index contributed by atoms with van der Waals surface area (Å²) in [6.45, 7) is 3.42. The number of benzene rings is 1. The molecule has 2 rings (SSSR count). The van der Waals surface area contributed by atoms with Crippen LogP contribution in [0.15, 0.2) is 35.1 Å². The van der Waals surface area contributed by atoms with Gasteiger partial charge in [-0.1, -0.05) is 12.1 Å². The second kappa shape index (κ2) is 6.02. The van der Waals surface area contributed by atoms with E-state index in [1.165, 1.54) is 5.56 Å². The number of aliphatic hydroxyl groups is 1. The lowest BCUT2D eigenvalue weighted by atomic mass is 10.2. The number of rotatable bonds is 5. The van der Waals surface area contributed by atoms with Crippen LogP contribution in [0, 0.1) is 6.92 Å². The van der Waals surface area contributed by atoms with Crippen LogP contribution in [0.4, 0.5) is 5.69 Å². The van der Waals surface area contributed by atoms with E-state index < -0.39 is 0 Å². The van der Waals surface area contributed by atoms with E-state index in [4.69, 9.17) is 5.11 Å². The maximum Gasteiger partial charge on any atom is 0.0640 e. The molecule has 2 aromatic rings. The Labute approximate surface area is 115 Å². The van der Waals surface area contributed by atoms with Gasteiger partial charge in [-0.2, -0.15) is 5.10 Å². The van der Waals surface area contributed by atoms with Gasteiger partial charge in [0.15, 0.2) is 0 Å². The van der Waals surface area contributed by atoms with Crippen molar-refractivity contribution in [2.24, 2.45) is 0 Å². The molecule has 0 amide bonds. The predicted octanol–water partition coefficient (Wildman–Crippen LogP) is 2.56. The first-order valence-corrected chi connectivity index (χ1v) is 6.61. The first-order valence-electron chi connectivity index (χ1n) is 5.82. The van der Waals surface area contributed by atoms with Gasteiger partial charge in [0, 0.05) is 28.5 Å². The third kappa shape index (κ3) is 3.11. The van der Waals surface area contributed by atoms with Gasteiger partial charge in [-0.05, 0) is 34.5 Å².